The third-order valence-corrected chi connectivity index (χ3v) is 6.46. The summed E-state index contributed by atoms with van der Waals surface area (Å²) in [5, 5.41) is 6.57. The Balaban J connectivity index is 1.43. The van der Waals surface area contributed by atoms with Gasteiger partial charge in [-0.05, 0) is 54.1 Å². The van der Waals surface area contributed by atoms with E-state index in [1.54, 1.807) is 18.6 Å². The van der Waals surface area contributed by atoms with Crippen LogP contribution in [0.2, 0.25) is 0 Å². The predicted molar refractivity (Wildman–Crippen MR) is 151 cm³/mol. The van der Waals surface area contributed by atoms with E-state index in [1.807, 2.05) is 35.2 Å². The standard InChI is InChI=1S/C31H24N6/c1-22(36(25-17-20-33-21-18-25)31(35-32)28-10-6-7-19-34-28)23-13-15-24(16-14-23)37-29-11-4-2-8-26(29)27-9-3-5-12-30(27)37/h2-21H,1,32H2/b35-31-. The Hall–Kier alpha value is -5.23. The molecular weight excluding hydrogens is 456 g/mol. The van der Waals surface area contributed by atoms with Crippen LogP contribution in [-0.2, 0) is 0 Å². The Kier molecular flexibility index (Phi) is 5.67. The van der Waals surface area contributed by atoms with Gasteiger partial charge in [-0.25, -0.2) is 0 Å². The molecule has 6 nitrogen and oxygen atoms in total. The van der Waals surface area contributed by atoms with Gasteiger partial charge in [-0.2, -0.15) is 5.10 Å². The van der Waals surface area contributed by atoms with E-state index < -0.39 is 0 Å². The fraction of sp³-hybridized carbons (Fsp3) is 0. The van der Waals surface area contributed by atoms with E-state index in [2.05, 4.69) is 99.0 Å². The molecule has 0 unspecified atom stereocenters. The van der Waals surface area contributed by atoms with E-state index in [9.17, 15) is 0 Å². The summed E-state index contributed by atoms with van der Waals surface area (Å²) in [7, 11) is 0. The Morgan fingerprint density at radius 1 is 0.730 bits per heavy atom. The molecule has 0 saturated carbocycles. The maximum absolute atomic E-state index is 5.90. The topological polar surface area (TPSA) is 72.3 Å². The van der Waals surface area contributed by atoms with Crippen LogP contribution in [0.25, 0.3) is 33.2 Å². The summed E-state index contributed by atoms with van der Waals surface area (Å²) in [6.07, 6.45) is 5.18. The summed E-state index contributed by atoms with van der Waals surface area (Å²) >= 11 is 0. The molecule has 0 aliphatic heterocycles. The molecule has 3 heterocycles. The zero-order valence-electron chi connectivity index (χ0n) is 20.1. The molecule has 0 fully saturated rings. The number of hydrogen-bond acceptors (Lipinski definition) is 4. The Morgan fingerprint density at radius 3 is 1.95 bits per heavy atom. The van der Waals surface area contributed by atoms with Crippen LogP contribution in [-0.4, -0.2) is 20.4 Å². The van der Waals surface area contributed by atoms with E-state index in [-0.39, 0.29) is 0 Å². The predicted octanol–water partition coefficient (Wildman–Crippen LogP) is 6.37. The smallest absolute Gasteiger partial charge is 0.183 e. The van der Waals surface area contributed by atoms with E-state index in [0.717, 1.165) is 22.6 Å². The van der Waals surface area contributed by atoms with Crippen LogP contribution in [0.4, 0.5) is 5.69 Å². The lowest BCUT2D eigenvalue weighted by atomic mass is 10.1. The van der Waals surface area contributed by atoms with Gasteiger partial charge in [0, 0.05) is 40.7 Å². The fourth-order valence-corrected chi connectivity index (χ4v) is 4.77. The minimum Gasteiger partial charge on any atom is -0.321 e. The van der Waals surface area contributed by atoms with Crippen molar-refractivity contribution in [3.05, 3.63) is 140 Å². The Morgan fingerprint density at radius 2 is 1.35 bits per heavy atom. The number of nitrogens with zero attached hydrogens (tertiary/aromatic N) is 5. The normalized spacial score (nSPS) is 11.6. The zero-order valence-corrected chi connectivity index (χ0v) is 20.1. The van der Waals surface area contributed by atoms with Crippen molar-refractivity contribution in [1.82, 2.24) is 14.5 Å². The fourth-order valence-electron chi connectivity index (χ4n) is 4.77. The van der Waals surface area contributed by atoms with Crippen LogP contribution in [0.1, 0.15) is 11.3 Å². The molecule has 3 aromatic heterocycles. The second-order valence-corrected chi connectivity index (χ2v) is 8.57. The van der Waals surface area contributed by atoms with Crippen molar-refractivity contribution in [1.29, 1.82) is 0 Å². The summed E-state index contributed by atoms with van der Waals surface area (Å²) in [4.78, 5) is 10.5. The summed E-state index contributed by atoms with van der Waals surface area (Å²) in [6, 6.07) is 34.8. The van der Waals surface area contributed by atoms with Gasteiger partial charge in [0.15, 0.2) is 5.84 Å². The second-order valence-electron chi connectivity index (χ2n) is 8.57. The van der Waals surface area contributed by atoms with Crippen molar-refractivity contribution in [2.45, 2.75) is 0 Å². The minimum atomic E-state index is 0.489. The molecule has 0 atom stereocenters. The van der Waals surface area contributed by atoms with E-state index >= 15 is 0 Å². The number of hydrogen-bond donors (Lipinski definition) is 1. The number of anilines is 1. The number of pyridine rings is 2. The molecule has 0 amide bonds. The monoisotopic (exact) mass is 480 g/mol. The Bertz CT molecular complexity index is 1680. The number of benzene rings is 3. The van der Waals surface area contributed by atoms with Crippen LogP contribution in [0.5, 0.6) is 0 Å². The first kappa shape index (κ1) is 22.2. The molecule has 6 aromatic rings. The molecule has 37 heavy (non-hydrogen) atoms. The first-order chi connectivity index (χ1) is 18.3. The summed E-state index contributed by atoms with van der Waals surface area (Å²) in [5.41, 5.74) is 6.53. The van der Waals surface area contributed by atoms with Gasteiger partial charge >= 0.3 is 0 Å². The molecule has 3 aromatic carbocycles. The first-order valence-corrected chi connectivity index (χ1v) is 11.9. The van der Waals surface area contributed by atoms with Gasteiger partial charge in [-0.15, -0.1) is 0 Å². The quantitative estimate of drug-likeness (QED) is 0.135. The van der Waals surface area contributed by atoms with Gasteiger partial charge in [0.2, 0.25) is 0 Å². The third kappa shape index (κ3) is 3.90. The molecule has 0 aliphatic rings. The van der Waals surface area contributed by atoms with Crippen molar-refractivity contribution in [3.8, 4) is 5.69 Å². The zero-order chi connectivity index (χ0) is 25.2. The minimum absolute atomic E-state index is 0.489. The van der Waals surface area contributed by atoms with Crippen molar-refractivity contribution in [2.75, 3.05) is 4.90 Å². The van der Waals surface area contributed by atoms with Gasteiger partial charge in [-0.3, -0.25) is 14.9 Å². The summed E-state index contributed by atoms with van der Waals surface area (Å²) in [6.45, 7) is 4.42. The molecule has 6 heteroatoms. The average Bonchev–Trinajstić information content (AvgIpc) is 3.31. The first-order valence-electron chi connectivity index (χ1n) is 11.9. The number of nitrogens with two attached hydrogens (primary N) is 1. The number of para-hydroxylation sites is 2. The van der Waals surface area contributed by atoms with Gasteiger partial charge in [-0.1, -0.05) is 61.2 Å². The van der Waals surface area contributed by atoms with Crippen LogP contribution in [0.15, 0.2) is 133 Å². The second kappa shape index (κ2) is 9.43. The molecule has 0 aliphatic carbocycles. The SMILES string of the molecule is C=C(c1ccc(-n2c3ccccc3c3ccccc32)cc1)N(/C(=N\N)c1ccccn1)c1ccncc1. The third-order valence-electron chi connectivity index (χ3n) is 6.46. The summed E-state index contributed by atoms with van der Waals surface area (Å²) < 4.78 is 2.29. The molecule has 178 valence electrons. The average molecular weight is 481 g/mol. The van der Waals surface area contributed by atoms with Crippen LogP contribution in [0.3, 0.4) is 0 Å². The number of rotatable bonds is 5. The highest BCUT2D eigenvalue weighted by Gasteiger charge is 2.21. The van der Waals surface area contributed by atoms with E-state index in [0.29, 0.717) is 11.5 Å². The van der Waals surface area contributed by atoms with Crippen molar-refractivity contribution in [2.24, 2.45) is 10.9 Å². The lowest BCUT2D eigenvalue weighted by Gasteiger charge is -2.27. The van der Waals surface area contributed by atoms with E-state index in [1.165, 1.54) is 21.8 Å². The largest absolute Gasteiger partial charge is 0.321 e. The number of fused-ring (bicyclic) bond motifs is 3. The lowest BCUT2D eigenvalue weighted by Crippen LogP contribution is -2.31. The van der Waals surface area contributed by atoms with Gasteiger partial charge in [0.25, 0.3) is 0 Å². The van der Waals surface area contributed by atoms with Gasteiger partial charge in [0.05, 0.1) is 16.7 Å². The molecule has 0 spiro atoms. The maximum Gasteiger partial charge on any atom is 0.183 e. The summed E-state index contributed by atoms with van der Waals surface area (Å²) in [5.74, 6) is 6.39. The molecular formula is C31H24N6. The highest BCUT2D eigenvalue weighted by molar-refractivity contribution is 6.16. The number of amidine groups is 1. The van der Waals surface area contributed by atoms with Crippen molar-refractivity contribution in [3.63, 3.8) is 0 Å². The molecule has 6 rings (SSSR count). The molecule has 0 bridgehead atoms. The maximum atomic E-state index is 5.90. The van der Waals surface area contributed by atoms with Crippen LogP contribution >= 0.6 is 0 Å². The Labute approximate surface area is 214 Å². The highest BCUT2D eigenvalue weighted by atomic mass is 15.3. The lowest BCUT2D eigenvalue weighted by molar-refractivity contribution is 1.16. The highest BCUT2D eigenvalue weighted by Crippen LogP contribution is 2.33. The van der Waals surface area contributed by atoms with Crippen molar-refractivity contribution < 1.29 is 0 Å². The van der Waals surface area contributed by atoms with Crippen molar-refractivity contribution >= 4 is 39.0 Å². The molecule has 2 N–H and O–H groups in total. The number of hydrazone groups is 1. The van der Waals surface area contributed by atoms with Gasteiger partial charge < -0.3 is 10.4 Å². The molecule has 0 radical (unpaired) electrons. The number of aromatic nitrogens is 3. The van der Waals surface area contributed by atoms with Gasteiger partial charge in [0.1, 0.15) is 5.69 Å². The van der Waals surface area contributed by atoms with Crippen LogP contribution < -0.4 is 10.7 Å². The van der Waals surface area contributed by atoms with E-state index in [4.69, 9.17) is 5.84 Å². The van der Waals surface area contributed by atoms with Crippen LogP contribution in [0, 0.1) is 0 Å². The molecule has 0 saturated heterocycles.